The van der Waals surface area contributed by atoms with Crippen LogP contribution in [-0.2, 0) is 13.1 Å². The number of ether oxygens (including phenoxy) is 2. The molecule has 0 bridgehead atoms. The molecule has 4 rings (SSSR count). The topological polar surface area (TPSA) is 46.6 Å². The number of nitrogens with one attached hydrogen (secondary N) is 1. The lowest BCUT2D eigenvalue weighted by atomic mass is 10.2. The van der Waals surface area contributed by atoms with Gasteiger partial charge in [-0.25, -0.2) is 4.39 Å². The number of hydrogen-bond donors (Lipinski definition) is 1. The Hall–Kier alpha value is -3.19. The van der Waals surface area contributed by atoms with Crippen molar-refractivity contribution in [2.24, 2.45) is 0 Å². The maximum atomic E-state index is 13.1. The van der Waals surface area contributed by atoms with E-state index in [2.05, 4.69) is 10.3 Å². The molecule has 5 nitrogen and oxygen atoms in total. The van der Waals surface area contributed by atoms with Crippen LogP contribution >= 0.6 is 12.2 Å². The van der Waals surface area contributed by atoms with Crippen molar-refractivity contribution in [2.45, 2.75) is 13.1 Å². The third-order valence-corrected chi connectivity index (χ3v) is 4.72. The molecule has 0 unspecified atom stereocenters. The molecule has 1 aliphatic rings. The highest BCUT2D eigenvalue weighted by Crippen LogP contribution is 2.36. The molecule has 2 aromatic carbocycles. The van der Waals surface area contributed by atoms with E-state index < -0.39 is 0 Å². The number of anilines is 1. The van der Waals surface area contributed by atoms with Crippen LogP contribution in [0.3, 0.4) is 0 Å². The van der Waals surface area contributed by atoms with Gasteiger partial charge in [0.2, 0.25) is 6.79 Å². The Labute approximate surface area is 167 Å². The molecule has 0 saturated carbocycles. The van der Waals surface area contributed by atoms with Gasteiger partial charge in [-0.3, -0.25) is 4.98 Å². The van der Waals surface area contributed by atoms with E-state index in [-0.39, 0.29) is 12.6 Å². The van der Waals surface area contributed by atoms with Crippen molar-refractivity contribution in [1.82, 2.24) is 10.3 Å². The summed E-state index contributed by atoms with van der Waals surface area (Å²) in [5.41, 5.74) is 2.90. The Bertz CT molecular complexity index is 967. The Morgan fingerprint density at radius 3 is 2.54 bits per heavy atom. The van der Waals surface area contributed by atoms with Gasteiger partial charge in [0, 0.05) is 30.7 Å². The average Bonchev–Trinajstić information content (AvgIpc) is 3.20. The molecule has 1 N–H and O–H groups in total. The van der Waals surface area contributed by atoms with Gasteiger partial charge in [0.05, 0.1) is 6.54 Å². The third kappa shape index (κ3) is 4.20. The van der Waals surface area contributed by atoms with Crippen LogP contribution in [0.4, 0.5) is 10.1 Å². The minimum atomic E-state index is -0.258. The van der Waals surface area contributed by atoms with Crippen LogP contribution in [0.15, 0.2) is 67.0 Å². The smallest absolute Gasteiger partial charge is 0.231 e. The van der Waals surface area contributed by atoms with Crippen molar-refractivity contribution >= 4 is 23.0 Å². The predicted molar refractivity (Wildman–Crippen MR) is 109 cm³/mol. The van der Waals surface area contributed by atoms with E-state index in [1.165, 1.54) is 12.1 Å². The Morgan fingerprint density at radius 1 is 1.00 bits per heavy atom. The summed E-state index contributed by atoms with van der Waals surface area (Å²) in [4.78, 5) is 6.05. The highest BCUT2D eigenvalue weighted by molar-refractivity contribution is 7.80. The normalized spacial score (nSPS) is 11.9. The number of thiocarbonyl (C=S) groups is 1. The molecule has 3 aromatic rings. The molecule has 0 spiro atoms. The minimum absolute atomic E-state index is 0.219. The van der Waals surface area contributed by atoms with Crippen molar-refractivity contribution < 1.29 is 13.9 Å². The fraction of sp³-hybridized carbons (Fsp3) is 0.143. The predicted octanol–water partition coefficient (Wildman–Crippen LogP) is 4.03. The van der Waals surface area contributed by atoms with E-state index in [1.54, 1.807) is 24.5 Å². The van der Waals surface area contributed by atoms with E-state index in [1.807, 2.05) is 35.2 Å². The second-order valence-electron chi connectivity index (χ2n) is 6.26. The Kier molecular flexibility index (Phi) is 5.34. The SMILES string of the molecule is Fc1ccc(CNC(=S)N(Cc2ccncc2)c2ccc3c(c2)OCO3)cc1. The first-order valence-electron chi connectivity index (χ1n) is 8.77. The summed E-state index contributed by atoms with van der Waals surface area (Å²) in [5.74, 6) is 1.15. The summed E-state index contributed by atoms with van der Waals surface area (Å²) >= 11 is 5.66. The Morgan fingerprint density at radius 2 is 1.75 bits per heavy atom. The number of fused-ring (bicyclic) bond motifs is 1. The van der Waals surface area contributed by atoms with Gasteiger partial charge in [-0.15, -0.1) is 0 Å². The standard InChI is InChI=1S/C21H18FN3O2S/c22-17-3-1-15(2-4-17)12-24-21(28)25(13-16-7-9-23-10-8-16)18-5-6-19-20(11-18)27-14-26-19/h1-11H,12-14H2,(H,24,28). The van der Waals surface area contributed by atoms with E-state index in [0.29, 0.717) is 24.0 Å². The zero-order valence-corrected chi connectivity index (χ0v) is 15.8. The number of halogens is 1. The van der Waals surface area contributed by atoms with Crippen LogP contribution in [-0.4, -0.2) is 16.9 Å². The van der Waals surface area contributed by atoms with Gasteiger partial charge in [-0.05, 0) is 59.7 Å². The second-order valence-corrected chi connectivity index (χ2v) is 6.65. The number of rotatable bonds is 5. The molecule has 0 saturated heterocycles. The quantitative estimate of drug-likeness (QED) is 0.658. The molecule has 0 fully saturated rings. The Balaban J connectivity index is 1.55. The van der Waals surface area contributed by atoms with E-state index in [4.69, 9.17) is 21.7 Å². The fourth-order valence-corrected chi connectivity index (χ4v) is 3.12. The lowest BCUT2D eigenvalue weighted by Crippen LogP contribution is -2.39. The monoisotopic (exact) mass is 395 g/mol. The van der Waals surface area contributed by atoms with E-state index in [9.17, 15) is 4.39 Å². The number of hydrogen-bond acceptors (Lipinski definition) is 4. The maximum Gasteiger partial charge on any atom is 0.231 e. The lowest BCUT2D eigenvalue weighted by molar-refractivity contribution is 0.174. The lowest BCUT2D eigenvalue weighted by Gasteiger charge is -2.26. The van der Waals surface area contributed by atoms with Crippen LogP contribution in [0.2, 0.25) is 0 Å². The van der Waals surface area contributed by atoms with Crippen molar-refractivity contribution in [1.29, 1.82) is 0 Å². The highest BCUT2D eigenvalue weighted by Gasteiger charge is 2.18. The number of pyridine rings is 1. The molecular weight excluding hydrogens is 377 g/mol. The number of aromatic nitrogens is 1. The van der Waals surface area contributed by atoms with Crippen LogP contribution < -0.4 is 19.7 Å². The second kappa shape index (κ2) is 8.22. The summed E-state index contributed by atoms with van der Waals surface area (Å²) < 4.78 is 24.0. The van der Waals surface area contributed by atoms with Gasteiger partial charge in [0.25, 0.3) is 0 Å². The molecule has 0 radical (unpaired) electrons. The molecule has 1 aromatic heterocycles. The number of nitrogens with zero attached hydrogens (tertiary/aromatic N) is 2. The van der Waals surface area contributed by atoms with Gasteiger partial charge < -0.3 is 19.7 Å². The minimum Gasteiger partial charge on any atom is -0.454 e. The van der Waals surface area contributed by atoms with Gasteiger partial charge in [0.15, 0.2) is 16.6 Å². The molecule has 1 aliphatic heterocycles. The average molecular weight is 395 g/mol. The molecule has 28 heavy (non-hydrogen) atoms. The van der Waals surface area contributed by atoms with Crippen LogP contribution in [0.1, 0.15) is 11.1 Å². The molecular formula is C21H18FN3O2S. The van der Waals surface area contributed by atoms with Crippen molar-refractivity contribution in [3.63, 3.8) is 0 Å². The van der Waals surface area contributed by atoms with Crippen LogP contribution in [0.5, 0.6) is 11.5 Å². The van der Waals surface area contributed by atoms with Crippen LogP contribution in [0, 0.1) is 5.82 Å². The first-order chi connectivity index (χ1) is 13.7. The van der Waals surface area contributed by atoms with Crippen LogP contribution in [0.25, 0.3) is 0 Å². The maximum absolute atomic E-state index is 13.1. The molecule has 0 atom stereocenters. The molecule has 2 heterocycles. The largest absolute Gasteiger partial charge is 0.454 e. The van der Waals surface area contributed by atoms with Gasteiger partial charge >= 0.3 is 0 Å². The zero-order chi connectivity index (χ0) is 19.3. The van der Waals surface area contributed by atoms with Crippen molar-refractivity contribution in [2.75, 3.05) is 11.7 Å². The molecule has 7 heteroatoms. The molecule has 142 valence electrons. The zero-order valence-electron chi connectivity index (χ0n) is 15.0. The summed E-state index contributed by atoms with van der Waals surface area (Å²) in [6.45, 7) is 1.28. The number of benzene rings is 2. The van der Waals surface area contributed by atoms with Crippen molar-refractivity contribution in [3.8, 4) is 11.5 Å². The van der Waals surface area contributed by atoms with Gasteiger partial charge in [-0.1, -0.05) is 12.1 Å². The fourth-order valence-electron chi connectivity index (χ4n) is 2.88. The third-order valence-electron chi connectivity index (χ3n) is 4.36. The summed E-state index contributed by atoms with van der Waals surface area (Å²) in [6.07, 6.45) is 3.50. The van der Waals surface area contributed by atoms with E-state index >= 15 is 0 Å². The summed E-state index contributed by atoms with van der Waals surface area (Å²) in [6, 6.07) is 16.0. The molecule has 0 amide bonds. The molecule has 0 aliphatic carbocycles. The van der Waals surface area contributed by atoms with Gasteiger partial charge in [0.1, 0.15) is 5.82 Å². The highest BCUT2D eigenvalue weighted by atomic mass is 32.1. The summed E-state index contributed by atoms with van der Waals surface area (Å²) in [5, 5.41) is 3.81. The van der Waals surface area contributed by atoms with E-state index in [0.717, 1.165) is 22.6 Å². The first-order valence-corrected chi connectivity index (χ1v) is 9.18. The van der Waals surface area contributed by atoms with Gasteiger partial charge in [-0.2, -0.15) is 0 Å². The summed E-state index contributed by atoms with van der Waals surface area (Å²) in [7, 11) is 0. The van der Waals surface area contributed by atoms with Crippen molar-refractivity contribution in [3.05, 3.63) is 83.9 Å². The first kappa shape index (κ1) is 18.2.